The maximum atomic E-state index is 12.3. The van der Waals surface area contributed by atoms with Gasteiger partial charge < -0.3 is 5.73 Å². The molecule has 0 fully saturated rings. The van der Waals surface area contributed by atoms with Gasteiger partial charge in [-0.3, -0.25) is 4.79 Å². The van der Waals surface area contributed by atoms with Crippen LogP contribution in [-0.2, 0) is 4.79 Å². The van der Waals surface area contributed by atoms with Gasteiger partial charge in [-0.15, -0.1) is 0 Å². The normalized spacial score (nSPS) is 16.3. The summed E-state index contributed by atoms with van der Waals surface area (Å²) in [6.07, 6.45) is -1.31. The number of hydrogen-bond acceptors (Lipinski definition) is 1. The van der Waals surface area contributed by atoms with Gasteiger partial charge >= 0.3 is 6.18 Å². The van der Waals surface area contributed by atoms with Gasteiger partial charge in [0.2, 0.25) is 5.91 Å². The zero-order valence-corrected chi connectivity index (χ0v) is 9.40. The first-order chi connectivity index (χ1) is 7.41. The summed E-state index contributed by atoms with van der Waals surface area (Å²) < 4.78 is 36.9. The van der Waals surface area contributed by atoms with Crippen LogP contribution in [0.4, 0.5) is 13.2 Å². The zero-order valence-electron chi connectivity index (χ0n) is 9.40. The summed E-state index contributed by atoms with van der Waals surface area (Å²) in [5, 5.41) is 0. The van der Waals surface area contributed by atoms with Gasteiger partial charge in [-0.1, -0.05) is 19.9 Å². The number of primary amides is 1. The van der Waals surface area contributed by atoms with Crippen LogP contribution in [0.15, 0.2) is 23.3 Å². The van der Waals surface area contributed by atoms with Gasteiger partial charge in [-0.2, -0.15) is 13.2 Å². The molecule has 0 heterocycles. The molecule has 0 aromatic rings. The summed E-state index contributed by atoms with van der Waals surface area (Å²) in [6.45, 7) is 4.00. The molecule has 0 atom stereocenters. The van der Waals surface area contributed by atoms with E-state index in [-0.39, 0.29) is 5.57 Å². The smallest absolute Gasteiger partial charge is 0.366 e. The molecular weight excluding hydrogens is 219 g/mol. The lowest BCUT2D eigenvalue weighted by atomic mass is 10.1. The van der Waals surface area contributed by atoms with Crippen LogP contribution in [0.2, 0.25) is 0 Å². The first-order valence-corrected chi connectivity index (χ1v) is 5.19. The molecule has 0 radical (unpaired) electrons. The average Bonchev–Trinajstić information content (AvgIpc) is 2.45. The Bertz CT molecular complexity index is 303. The highest BCUT2D eigenvalue weighted by molar-refractivity contribution is 5.92. The minimum Gasteiger partial charge on any atom is -0.366 e. The molecule has 2 N–H and O–H groups in total. The minimum atomic E-state index is -4.40. The number of carbonyl (C=O) groups excluding carboxylic acids is 1. The molecule has 0 bridgehead atoms. The second-order valence-electron chi connectivity index (χ2n) is 3.08. The second-order valence-corrected chi connectivity index (χ2v) is 3.08. The molecule has 1 rings (SSSR count). The van der Waals surface area contributed by atoms with E-state index in [1.54, 1.807) is 0 Å². The van der Waals surface area contributed by atoms with Crippen molar-refractivity contribution >= 4 is 5.91 Å². The Morgan fingerprint density at radius 1 is 1.38 bits per heavy atom. The largest absolute Gasteiger partial charge is 0.416 e. The van der Waals surface area contributed by atoms with E-state index in [0.717, 1.165) is 12.2 Å². The van der Waals surface area contributed by atoms with E-state index >= 15 is 0 Å². The van der Waals surface area contributed by atoms with Gasteiger partial charge in [0, 0.05) is 5.57 Å². The Balaban J connectivity index is 0.00000106. The number of nitrogens with two attached hydrogens (primary N) is 1. The Hall–Kier alpha value is -1.26. The maximum absolute atomic E-state index is 12.3. The van der Waals surface area contributed by atoms with Crippen molar-refractivity contribution in [3.8, 4) is 0 Å². The summed E-state index contributed by atoms with van der Waals surface area (Å²) in [6, 6.07) is 0. The van der Waals surface area contributed by atoms with Crippen LogP contribution in [0.5, 0.6) is 0 Å². The van der Waals surface area contributed by atoms with Gasteiger partial charge in [-0.25, -0.2) is 0 Å². The van der Waals surface area contributed by atoms with Crippen LogP contribution in [0.1, 0.15) is 33.1 Å². The van der Waals surface area contributed by atoms with Gasteiger partial charge in [0.25, 0.3) is 0 Å². The molecule has 0 aliphatic heterocycles. The molecule has 0 unspecified atom stereocenters. The molecule has 0 saturated heterocycles. The highest BCUT2D eigenvalue weighted by atomic mass is 19.4. The zero-order chi connectivity index (χ0) is 12.8. The van der Waals surface area contributed by atoms with E-state index in [2.05, 4.69) is 0 Å². The predicted molar refractivity (Wildman–Crippen MR) is 56.6 cm³/mol. The van der Waals surface area contributed by atoms with Gasteiger partial charge in [0.05, 0.1) is 5.57 Å². The third-order valence-electron chi connectivity index (χ3n) is 1.99. The number of amides is 1. The van der Waals surface area contributed by atoms with E-state index in [0.29, 0.717) is 19.3 Å². The van der Waals surface area contributed by atoms with Crippen LogP contribution in [0, 0.1) is 0 Å². The first-order valence-electron chi connectivity index (χ1n) is 5.19. The fraction of sp³-hybridized carbons (Fsp3) is 0.545. The van der Waals surface area contributed by atoms with Crippen LogP contribution in [0.3, 0.4) is 0 Å². The fourth-order valence-corrected chi connectivity index (χ4v) is 1.26. The summed E-state index contributed by atoms with van der Waals surface area (Å²) in [5.41, 5.74) is 4.21. The van der Waals surface area contributed by atoms with Crippen LogP contribution >= 0.6 is 0 Å². The first kappa shape index (κ1) is 14.7. The molecule has 0 saturated carbocycles. The lowest BCUT2D eigenvalue weighted by molar-refractivity contribution is -0.114. The lowest BCUT2D eigenvalue weighted by Gasteiger charge is -2.07. The number of halogens is 3. The van der Waals surface area contributed by atoms with Crippen molar-refractivity contribution in [3.05, 3.63) is 23.3 Å². The third-order valence-corrected chi connectivity index (χ3v) is 1.99. The Labute approximate surface area is 93.0 Å². The van der Waals surface area contributed by atoms with Crippen molar-refractivity contribution in [1.82, 2.24) is 0 Å². The van der Waals surface area contributed by atoms with Gasteiger partial charge in [0.15, 0.2) is 0 Å². The monoisotopic (exact) mass is 235 g/mol. The Morgan fingerprint density at radius 2 is 1.94 bits per heavy atom. The number of carbonyl (C=O) groups is 1. The maximum Gasteiger partial charge on any atom is 0.416 e. The molecule has 2 nitrogen and oxygen atoms in total. The molecular formula is C11H16F3NO. The van der Waals surface area contributed by atoms with Crippen molar-refractivity contribution in [2.24, 2.45) is 5.73 Å². The van der Waals surface area contributed by atoms with Gasteiger partial charge in [0.1, 0.15) is 0 Å². The third kappa shape index (κ3) is 4.51. The number of rotatable bonds is 1. The summed E-state index contributed by atoms with van der Waals surface area (Å²) in [7, 11) is 0. The molecule has 0 spiro atoms. The van der Waals surface area contributed by atoms with Gasteiger partial charge in [-0.05, 0) is 25.3 Å². The molecule has 1 aliphatic rings. The average molecular weight is 235 g/mol. The summed E-state index contributed by atoms with van der Waals surface area (Å²) in [5.74, 6) is -0.776. The molecule has 0 aromatic heterocycles. The Morgan fingerprint density at radius 3 is 2.38 bits per heavy atom. The molecule has 0 aromatic carbocycles. The highest BCUT2D eigenvalue weighted by Crippen LogP contribution is 2.30. The SMILES string of the molecule is CC.NC(=O)C1=CC(C(F)(F)F)=CCCC1. The predicted octanol–water partition coefficient (Wildman–Crippen LogP) is 3.10. The van der Waals surface area contributed by atoms with Crippen LogP contribution in [-0.4, -0.2) is 12.1 Å². The van der Waals surface area contributed by atoms with E-state index in [9.17, 15) is 18.0 Å². The Kier molecular flexibility index (Phi) is 5.85. The fourth-order valence-electron chi connectivity index (χ4n) is 1.26. The van der Waals surface area contributed by atoms with Crippen LogP contribution < -0.4 is 5.73 Å². The number of hydrogen-bond donors (Lipinski definition) is 1. The molecule has 1 aliphatic carbocycles. The quantitative estimate of drug-likeness (QED) is 0.745. The van der Waals surface area contributed by atoms with E-state index in [1.165, 1.54) is 0 Å². The highest BCUT2D eigenvalue weighted by Gasteiger charge is 2.33. The summed E-state index contributed by atoms with van der Waals surface area (Å²) in [4.78, 5) is 10.7. The van der Waals surface area contributed by atoms with Crippen LogP contribution in [0.25, 0.3) is 0 Å². The molecule has 92 valence electrons. The van der Waals surface area contributed by atoms with E-state index in [4.69, 9.17) is 5.73 Å². The van der Waals surface area contributed by atoms with Crippen molar-refractivity contribution in [2.45, 2.75) is 39.3 Å². The van der Waals surface area contributed by atoms with Crippen molar-refractivity contribution in [1.29, 1.82) is 0 Å². The van der Waals surface area contributed by atoms with Crippen molar-refractivity contribution in [2.75, 3.05) is 0 Å². The number of alkyl halides is 3. The van der Waals surface area contributed by atoms with E-state index < -0.39 is 17.7 Å². The lowest BCUT2D eigenvalue weighted by Crippen LogP contribution is -2.16. The minimum absolute atomic E-state index is 0.0473. The number of allylic oxidation sites excluding steroid dienone is 3. The second kappa shape index (κ2) is 6.35. The topological polar surface area (TPSA) is 43.1 Å². The van der Waals surface area contributed by atoms with Crippen molar-refractivity contribution in [3.63, 3.8) is 0 Å². The van der Waals surface area contributed by atoms with E-state index in [1.807, 2.05) is 13.8 Å². The standard InChI is InChI=1S/C9H10F3NO.C2H6/c10-9(11,12)7-4-2-1-3-6(5-7)8(13)14;1-2/h4-5H,1-3H2,(H2,13,14);1-2H3. The van der Waals surface area contributed by atoms with Crippen molar-refractivity contribution < 1.29 is 18.0 Å². The molecule has 5 heteroatoms. The molecule has 1 amide bonds. The molecule has 16 heavy (non-hydrogen) atoms. The summed E-state index contributed by atoms with van der Waals surface area (Å²) >= 11 is 0.